The van der Waals surface area contributed by atoms with Crippen molar-refractivity contribution in [1.82, 2.24) is 9.97 Å². The van der Waals surface area contributed by atoms with Crippen molar-refractivity contribution in [3.05, 3.63) is 39.6 Å². The fraction of sp³-hybridized carbons (Fsp3) is 0.286. The number of esters is 1. The molecule has 0 aliphatic rings. The lowest BCUT2D eigenvalue weighted by molar-refractivity contribution is -0.116. The summed E-state index contributed by atoms with van der Waals surface area (Å²) in [6, 6.07) is 1.64. The number of carbonyl (C=O) groups excluding carboxylic acids is 2. The quantitative estimate of drug-likeness (QED) is 0.741. The van der Waals surface area contributed by atoms with Gasteiger partial charge in [0.05, 0.1) is 11.3 Å². The molecule has 1 amide bonds. The van der Waals surface area contributed by atoms with Gasteiger partial charge < -0.3 is 4.74 Å². The molecule has 0 atom stereocenters. The van der Waals surface area contributed by atoms with Crippen molar-refractivity contribution in [1.29, 1.82) is 0 Å². The van der Waals surface area contributed by atoms with Gasteiger partial charge in [-0.3, -0.25) is 14.7 Å². The molecular formula is C14H14BrN3O3S. The van der Waals surface area contributed by atoms with Gasteiger partial charge in [-0.25, -0.2) is 9.78 Å². The summed E-state index contributed by atoms with van der Waals surface area (Å²) in [5, 5.41) is 2.37. The summed E-state index contributed by atoms with van der Waals surface area (Å²) in [4.78, 5) is 33.2. The molecule has 0 unspecified atom stereocenters. The summed E-state index contributed by atoms with van der Waals surface area (Å²) in [6.45, 7) is 3.97. The molecular weight excluding hydrogens is 370 g/mol. The van der Waals surface area contributed by atoms with E-state index in [4.69, 9.17) is 4.74 Å². The first-order valence-corrected chi connectivity index (χ1v) is 8.18. The van der Waals surface area contributed by atoms with Gasteiger partial charge in [0, 0.05) is 35.7 Å². The standard InChI is InChI=1S/C14H14BrN3O3S/c1-3-18(9(2)19)14-17-12(8-22-14)7-21-13(20)10-4-11(15)6-16-5-10/h4-6,8H,3,7H2,1-2H3. The number of thiazole rings is 1. The minimum Gasteiger partial charge on any atom is -0.456 e. The highest BCUT2D eigenvalue weighted by Crippen LogP contribution is 2.21. The summed E-state index contributed by atoms with van der Waals surface area (Å²) in [5.74, 6) is -0.539. The number of pyridine rings is 1. The molecule has 2 aromatic rings. The Kier molecular flexibility index (Phi) is 5.62. The SMILES string of the molecule is CCN(C(C)=O)c1nc(COC(=O)c2cncc(Br)c2)cs1. The van der Waals surface area contributed by atoms with E-state index in [9.17, 15) is 9.59 Å². The van der Waals surface area contributed by atoms with Crippen LogP contribution in [0.3, 0.4) is 0 Å². The normalized spacial score (nSPS) is 10.3. The molecule has 0 aliphatic heterocycles. The average molecular weight is 384 g/mol. The van der Waals surface area contributed by atoms with Crippen LogP contribution >= 0.6 is 27.3 Å². The molecule has 116 valence electrons. The zero-order valence-corrected chi connectivity index (χ0v) is 14.5. The van der Waals surface area contributed by atoms with Crippen molar-refractivity contribution < 1.29 is 14.3 Å². The summed E-state index contributed by atoms with van der Waals surface area (Å²) < 4.78 is 5.90. The van der Waals surface area contributed by atoms with Crippen LogP contribution in [-0.4, -0.2) is 28.4 Å². The Morgan fingerprint density at radius 3 is 2.82 bits per heavy atom. The van der Waals surface area contributed by atoms with E-state index in [0.717, 1.165) is 0 Å². The number of rotatable bonds is 5. The second kappa shape index (κ2) is 7.46. The van der Waals surface area contributed by atoms with Crippen LogP contribution in [0.5, 0.6) is 0 Å². The van der Waals surface area contributed by atoms with E-state index >= 15 is 0 Å². The number of hydrogen-bond donors (Lipinski definition) is 0. The summed E-state index contributed by atoms with van der Waals surface area (Å²) in [5.41, 5.74) is 0.972. The second-order valence-electron chi connectivity index (χ2n) is 4.35. The highest BCUT2D eigenvalue weighted by molar-refractivity contribution is 9.10. The molecule has 22 heavy (non-hydrogen) atoms. The number of carbonyl (C=O) groups is 2. The molecule has 2 rings (SSSR count). The number of amides is 1. The highest BCUT2D eigenvalue weighted by Gasteiger charge is 2.15. The van der Waals surface area contributed by atoms with Gasteiger partial charge in [-0.2, -0.15) is 0 Å². The predicted octanol–water partition coefficient (Wildman–Crippen LogP) is 3.03. The molecule has 2 heterocycles. The van der Waals surface area contributed by atoms with Crippen LogP contribution in [0.25, 0.3) is 0 Å². The van der Waals surface area contributed by atoms with Crippen molar-refractivity contribution >= 4 is 44.3 Å². The third-order valence-corrected chi connectivity index (χ3v) is 4.10. The average Bonchev–Trinajstić information content (AvgIpc) is 2.93. The van der Waals surface area contributed by atoms with Gasteiger partial charge in [0.2, 0.25) is 5.91 Å². The monoisotopic (exact) mass is 383 g/mol. The Morgan fingerprint density at radius 2 is 2.18 bits per heavy atom. The number of nitrogens with zero attached hydrogens (tertiary/aromatic N) is 3. The molecule has 0 aromatic carbocycles. The van der Waals surface area contributed by atoms with E-state index < -0.39 is 5.97 Å². The van der Waals surface area contributed by atoms with Crippen LogP contribution < -0.4 is 4.90 Å². The van der Waals surface area contributed by atoms with E-state index in [2.05, 4.69) is 25.9 Å². The minimum absolute atomic E-state index is 0.0529. The third-order valence-electron chi connectivity index (χ3n) is 2.76. The maximum atomic E-state index is 11.9. The number of ether oxygens (including phenoxy) is 1. The molecule has 0 saturated carbocycles. The summed E-state index contributed by atoms with van der Waals surface area (Å²) in [6.07, 6.45) is 3.03. The maximum absolute atomic E-state index is 11.9. The Hall–Kier alpha value is -1.80. The van der Waals surface area contributed by atoms with Gasteiger partial charge in [-0.1, -0.05) is 0 Å². The van der Waals surface area contributed by atoms with Gasteiger partial charge in [-0.05, 0) is 28.9 Å². The highest BCUT2D eigenvalue weighted by atomic mass is 79.9. The smallest absolute Gasteiger partial charge is 0.340 e. The molecule has 0 radical (unpaired) electrons. The van der Waals surface area contributed by atoms with Gasteiger partial charge in [0.25, 0.3) is 0 Å². The fourth-order valence-corrected chi connectivity index (χ4v) is 3.01. The maximum Gasteiger partial charge on any atom is 0.340 e. The first-order valence-electron chi connectivity index (χ1n) is 6.51. The van der Waals surface area contributed by atoms with E-state index in [-0.39, 0.29) is 12.5 Å². The van der Waals surface area contributed by atoms with Gasteiger partial charge in [0.15, 0.2) is 5.13 Å². The molecule has 6 nitrogen and oxygen atoms in total. The lowest BCUT2D eigenvalue weighted by Gasteiger charge is -2.14. The molecule has 0 saturated heterocycles. The number of halogens is 1. The lowest BCUT2D eigenvalue weighted by Crippen LogP contribution is -2.27. The van der Waals surface area contributed by atoms with E-state index in [1.807, 2.05) is 6.92 Å². The van der Waals surface area contributed by atoms with Crippen LogP contribution in [0.1, 0.15) is 29.9 Å². The predicted molar refractivity (Wildman–Crippen MR) is 86.9 cm³/mol. The van der Waals surface area contributed by atoms with E-state index in [0.29, 0.717) is 27.4 Å². The van der Waals surface area contributed by atoms with Crippen LogP contribution in [0.4, 0.5) is 5.13 Å². The van der Waals surface area contributed by atoms with Gasteiger partial charge in [-0.15, -0.1) is 11.3 Å². The Bertz CT molecular complexity index is 689. The Labute approximate surface area is 140 Å². The van der Waals surface area contributed by atoms with E-state index in [1.165, 1.54) is 24.5 Å². The molecule has 0 aliphatic carbocycles. The van der Waals surface area contributed by atoms with Crippen molar-refractivity contribution in [2.45, 2.75) is 20.5 Å². The molecule has 0 N–H and O–H groups in total. The molecule has 0 spiro atoms. The van der Waals surface area contributed by atoms with Crippen LogP contribution in [-0.2, 0) is 16.1 Å². The molecule has 2 aromatic heterocycles. The van der Waals surface area contributed by atoms with Crippen LogP contribution in [0.2, 0.25) is 0 Å². The molecule has 8 heteroatoms. The number of anilines is 1. The lowest BCUT2D eigenvalue weighted by atomic mass is 10.3. The Balaban J connectivity index is 1.99. The largest absolute Gasteiger partial charge is 0.456 e. The van der Waals surface area contributed by atoms with Gasteiger partial charge >= 0.3 is 5.97 Å². The van der Waals surface area contributed by atoms with E-state index in [1.54, 1.807) is 22.5 Å². The van der Waals surface area contributed by atoms with Crippen molar-refractivity contribution in [3.8, 4) is 0 Å². The molecule has 0 bridgehead atoms. The summed E-state index contributed by atoms with van der Waals surface area (Å²) >= 11 is 4.59. The first kappa shape index (κ1) is 16.6. The first-order chi connectivity index (χ1) is 10.5. The van der Waals surface area contributed by atoms with Gasteiger partial charge in [0.1, 0.15) is 6.61 Å². The number of hydrogen-bond acceptors (Lipinski definition) is 6. The topological polar surface area (TPSA) is 72.4 Å². The minimum atomic E-state index is -0.470. The summed E-state index contributed by atoms with van der Waals surface area (Å²) in [7, 11) is 0. The van der Waals surface area contributed by atoms with Crippen LogP contribution in [0.15, 0.2) is 28.3 Å². The zero-order chi connectivity index (χ0) is 16.1. The third kappa shape index (κ3) is 4.11. The zero-order valence-electron chi connectivity index (χ0n) is 12.1. The number of aromatic nitrogens is 2. The van der Waals surface area contributed by atoms with Crippen LogP contribution in [0, 0.1) is 0 Å². The second-order valence-corrected chi connectivity index (χ2v) is 6.10. The van der Waals surface area contributed by atoms with Crippen molar-refractivity contribution in [3.63, 3.8) is 0 Å². The van der Waals surface area contributed by atoms with Crippen molar-refractivity contribution in [2.24, 2.45) is 0 Å². The Morgan fingerprint density at radius 1 is 1.41 bits per heavy atom. The molecule has 0 fully saturated rings. The van der Waals surface area contributed by atoms with Crippen molar-refractivity contribution in [2.75, 3.05) is 11.4 Å². The fourth-order valence-electron chi connectivity index (χ4n) is 1.73.